The molecule has 0 fully saturated rings. The average Bonchev–Trinajstić information content (AvgIpc) is 3.25. The number of aromatic amines is 1. The van der Waals surface area contributed by atoms with Gasteiger partial charge < -0.3 is 36.9 Å². The minimum atomic E-state index is -1.21. The van der Waals surface area contributed by atoms with Gasteiger partial charge in [-0.3, -0.25) is 19.2 Å². The quantitative estimate of drug-likeness (QED) is 0.214. The zero-order valence-corrected chi connectivity index (χ0v) is 17.4. The number of phenolic OH excluding ortho intramolecular Hbond substituents is 1. The first-order valence-electron chi connectivity index (χ1n) is 9.76. The first-order chi connectivity index (χ1) is 15.2. The Kier molecular flexibility index (Phi) is 8.72. The van der Waals surface area contributed by atoms with Crippen LogP contribution in [-0.4, -0.2) is 68.5 Å². The zero-order chi connectivity index (χ0) is 23.7. The molecule has 12 heteroatoms. The number of carbonyl (C=O) groups excluding carboxylic acids is 3. The Morgan fingerprint density at radius 1 is 1.09 bits per heavy atom. The Morgan fingerprint density at radius 2 is 1.78 bits per heavy atom. The van der Waals surface area contributed by atoms with E-state index in [0.29, 0.717) is 11.3 Å². The number of nitrogens with zero attached hydrogens (tertiary/aromatic N) is 1. The number of carboxylic acids is 1. The third-order valence-corrected chi connectivity index (χ3v) is 4.51. The van der Waals surface area contributed by atoms with E-state index in [4.69, 9.17) is 10.8 Å². The summed E-state index contributed by atoms with van der Waals surface area (Å²) in [7, 11) is 0. The second-order valence-electron chi connectivity index (χ2n) is 7.16. The highest BCUT2D eigenvalue weighted by Crippen LogP contribution is 2.11. The number of amides is 3. The molecule has 0 spiro atoms. The van der Waals surface area contributed by atoms with Crippen molar-refractivity contribution in [3.63, 3.8) is 0 Å². The van der Waals surface area contributed by atoms with E-state index < -0.39 is 48.4 Å². The second kappa shape index (κ2) is 11.5. The van der Waals surface area contributed by atoms with Gasteiger partial charge in [-0.25, -0.2) is 4.98 Å². The van der Waals surface area contributed by atoms with Gasteiger partial charge in [-0.05, 0) is 24.6 Å². The van der Waals surface area contributed by atoms with Crippen LogP contribution in [0.5, 0.6) is 5.75 Å². The molecule has 1 aromatic heterocycles. The number of aromatic nitrogens is 2. The summed E-state index contributed by atoms with van der Waals surface area (Å²) in [6, 6.07) is 2.93. The van der Waals surface area contributed by atoms with Crippen molar-refractivity contribution in [1.29, 1.82) is 0 Å². The first kappa shape index (κ1) is 24.3. The predicted molar refractivity (Wildman–Crippen MR) is 112 cm³/mol. The van der Waals surface area contributed by atoms with E-state index in [-0.39, 0.29) is 18.6 Å². The van der Waals surface area contributed by atoms with Crippen LogP contribution in [0.1, 0.15) is 18.2 Å². The molecule has 3 atom stereocenters. The molecule has 1 heterocycles. The lowest BCUT2D eigenvalue weighted by atomic mass is 10.0. The summed E-state index contributed by atoms with van der Waals surface area (Å²) >= 11 is 0. The molecule has 0 radical (unpaired) electrons. The molecule has 1 aromatic carbocycles. The van der Waals surface area contributed by atoms with Crippen LogP contribution < -0.4 is 21.7 Å². The number of H-pyrrole nitrogens is 1. The summed E-state index contributed by atoms with van der Waals surface area (Å²) in [5.41, 5.74) is 7.23. The van der Waals surface area contributed by atoms with Gasteiger partial charge in [0.2, 0.25) is 17.7 Å². The number of aromatic hydroxyl groups is 1. The van der Waals surface area contributed by atoms with E-state index in [9.17, 15) is 24.3 Å². The number of imidazole rings is 1. The molecule has 0 bridgehead atoms. The molecule has 0 saturated carbocycles. The fourth-order valence-electron chi connectivity index (χ4n) is 2.73. The van der Waals surface area contributed by atoms with Crippen LogP contribution in [0.25, 0.3) is 0 Å². The summed E-state index contributed by atoms with van der Waals surface area (Å²) in [5, 5.41) is 25.4. The summed E-state index contributed by atoms with van der Waals surface area (Å²) in [6.07, 6.45) is 3.23. The maximum absolute atomic E-state index is 12.7. The SMILES string of the molecule is CC(NC(=O)CNC(=O)C(Cc1ccc(O)cc1)NC(=O)C(N)Cc1cnc[nH]1)C(=O)O. The van der Waals surface area contributed by atoms with Crippen molar-refractivity contribution in [2.75, 3.05) is 6.54 Å². The van der Waals surface area contributed by atoms with Gasteiger partial charge in [0.15, 0.2) is 0 Å². The summed E-state index contributed by atoms with van der Waals surface area (Å²) < 4.78 is 0. The van der Waals surface area contributed by atoms with Crippen molar-refractivity contribution in [1.82, 2.24) is 25.9 Å². The number of hydrogen-bond donors (Lipinski definition) is 7. The Bertz CT molecular complexity index is 931. The highest BCUT2D eigenvalue weighted by atomic mass is 16.4. The van der Waals surface area contributed by atoms with Gasteiger partial charge >= 0.3 is 5.97 Å². The Morgan fingerprint density at radius 3 is 2.38 bits per heavy atom. The highest BCUT2D eigenvalue weighted by molar-refractivity contribution is 5.92. The van der Waals surface area contributed by atoms with Crippen molar-refractivity contribution in [3.05, 3.63) is 48.0 Å². The summed E-state index contributed by atoms with van der Waals surface area (Å²) in [4.78, 5) is 54.6. The molecule has 2 aromatic rings. The van der Waals surface area contributed by atoms with E-state index in [2.05, 4.69) is 25.9 Å². The summed E-state index contributed by atoms with van der Waals surface area (Å²) in [5.74, 6) is -3.10. The number of nitrogens with one attached hydrogen (secondary N) is 4. The van der Waals surface area contributed by atoms with Crippen LogP contribution in [0.4, 0.5) is 0 Å². The fourth-order valence-corrected chi connectivity index (χ4v) is 2.73. The molecular weight excluding hydrogens is 420 g/mol. The smallest absolute Gasteiger partial charge is 0.325 e. The maximum Gasteiger partial charge on any atom is 0.325 e. The predicted octanol–water partition coefficient (Wildman–Crippen LogP) is -1.58. The van der Waals surface area contributed by atoms with E-state index >= 15 is 0 Å². The number of hydrogen-bond acceptors (Lipinski definition) is 7. The monoisotopic (exact) mass is 446 g/mol. The number of phenols is 1. The number of nitrogens with two attached hydrogens (primary N) is 1. The standard InChI is InChI=1S/C20H26N6O6/c1-11(20(31)32)25-17(28)9-23-19(30)16(6-12-2-4-14(27)5-3-12)26-18(29)15(21)7-13-8-22-10-24-13/h2-5,8,10-11,15-16,27H,6-7,9,21H2,1H3,(H,22,24)(H,23,30)(H,25,28)(H,26,29)(H,31,32). The Labute approximate surface area is 183 Å². The third-order valence-electron chi connectivity index (χ3n) is 4.51. The Hall–Kier alpha value is -3.93. The molecule has 0 aliphatic rings. The molecule has 3 unspecified atom stereocenters. The second-order valence-corrected chi connectivity index (χ2v) is 7.16. The number of benzene rings is 1. The van der Waals surface area contributed by atoms with Gasteiger partial charge in [0, 0.05) is 24.7 Å². The average molecular weight is 446 g/mol. The van der Waals surface area contributed by atoms with Crippen LogP contribution in [-0.2, 0) is 32.0 Å². The maximum atomic E-state index is 12.7. The Balaban J connectivity index is 2.02. The van der Waals surface area contributed by atoms with Gasteiger partial charge in [0.25, 0.3) is 0 Å². The minimum absolute atomic E-state index is 0.0459. The first-order valence-corrected chi connectivity index (χ1v) is 9.76. The van der Waals surface area contributed by atoms with Crippen LogP contribution in [0.2, 0.25) is 0 Å². The molecule has 0 saturated heterocycles. The lowest BCUT2D eigenvalue weighted by Gasteiger charge is -2.21. The zero-order valence-electron chi connectivity index (χ0n) is 17.4. The van der Waals surface area contributed by atoms with Gasteiger partial charge in [-0.1, -0.05) is 12.1 Å². The van der Waals surface area contributed by atoms with E-state index in [1.54, 1.807) is 12.1 Å². The van der Waals surface area contributed by atoms with Crippen LogP contribution in [0.15, 0.2) is 36.8 Å². The van der Waals surface area contributed by atoms with Crippen molar-refractivity contribution in [2.24, 2.45) is 5.73 Å². The van der Waals surface area contributed by atoms with Crippen LogP contribution in [0, 0.1) is 0 Å². The highest BCUT2D eigenvalue weighted by Gasteiger charge is 2.25. The molecule has 2 rings (SSSR count). The number of carboxylic acid groups (broad SMARTS) is 1. The molecule has 0 aliphatic carbocycles. The largest absolute Gasteiger partial charge is 0.508 e. The van der Waals surface area contributed by atoms with Crippen molar-refractivity contribution < 1.29 is 29.4 Å². The van der Waals surface area contributed by atoms with Gasteiger partial charge in [0.05, 0.1) is 18.9 Å². The van der Waals surface area contributed by atoms with Gasteiger partial charge in [-0.2, -0.15) is 0 Å². The fraction of sp³-hybridized carbons (Fsp3) is 0.350. The topological polar surface area (TPSA) is 200 Å². The summed E-state index contributed by atoms with van der Waals surface area (Å²) in [6.45, 7) is 0.815. The molecule has 32 heavy (non-hydrogen) atoms. The molecule has 172 valence electrons. The number of rotatable bonds is 11. The molecule has 12 nitrogen and oxygen atoms in total. The van der Waals surface area contributed by atoms with Crippen LogP contribution >= 0.6 is 0 Å². The third kappa shape index (κ3) is 7.72. The van der Waals surface area contributed by atoms with E-state index in [1.807, 2.05) is 0 Å². The van der Waals surface area contributed by atoms with Crippen molar-refractivity contribution in [2.45, 2.75) is 37.9 Å². The van der Waals surface area contributed by atoms with Gasteiger partial charge in [0.1, 0.15) is 17.8 Å². The van der Waals surface area contributed by atoms with E-state index in [0.717, 1.165) is 0 Å². The molecule has 8 N–H and O–H groups in total. The van der Waals surface area contributed by atoms with Gasteiger partial charge in [-0.15, -0.1) is 0 Å². The normalized spacial score (nSPS) is 13.4. The minimum Gasteiger partial charge on any atom is -0.508 e. The van der Waals surface area contributed by atoms with E-state index in [1.165, 1.54) is 31.6 Å². The molecule has 0 aliphatic heterocycles. The molecule has 3 amide bonds. The number of aliphatic carboxylic acids is 1. The van der Waals surface area contributed by atoms with Crippen molar-refractivity contribution in [3.8, 4) is 5.75 Å². The van der Waals surface area contributed by atoms with Crippen molar-refractivity contribution >= 4 is 23.7 Å². The molecular formula is C20H26N6O6. The lowest BCUT2D eigenvalue weighted by molar-refractivity contribution is -0.141. The lowest BCUT2D eigenvalue weighted by Crippen LogP contribution is -2.54. The number of carbonyl (C=O) groups is 4. The van der Waals surface area contributed by atoms with Crippen LogP contribution in [0.3, 0.4) is 0 Å².